The van der Waals surface area contributed by atoms with Gasteiger partial charge >= 0.3 is 0 Å². The van der Waals surface area contributed by atoms with E-state index in [9.17, 15) is 14.4 Å². The molecule has 1 saturated heterocycles. The SMILES string of the molecule is COc1ccccc1N1CCN(CCCC(=O)NN2C(=O)C=C(C)C2=O)CC1.Cl. The number of hydrogen-bond donors (Lipinski definition) is 1. The maximum absolute atomic E-state index is 12.0. The molecule has 0 unspecified atom stereocenters. The highest BCUT2D eigenvalue weighted by Crippen LogP contribution is 2.28. The van der Waals surface area contributed by atoms with E-state index in [4.69, 9.17) is 4.74 Å². The first kappa shape index (κ1) is 22.7. The molecule has 9 heteroatoms. The van der Waals surface area contributed by atoms with Crippen LogP contribution >= 0.6 is 12.4 Å². The van der Waals surface area contributed by atoms with Crippen LogP contribution in [0.3, 0.4) is 0 Å². The van der Waals surface area contributed by atoms with Gasteiger partial charge in [-0.1, -0.05) is 12.1 Å². The van der Waals surface area contributed by atoms with Crippen LogP contribution in [0.5, 0.6) is 5.75 Å². The van der Waals surface area contributed by atoms with Crippen molar-refractivity contribution < 1.29 is 19.1 Å². The number of piperazine rings is 1. The van der Waals surface area contributed by atoms with Gasteiger partial charge in [-0.05, 0) is 32.0 Å². The number of nitrogens with zero attached hydrogens (tertiary/aromatic N) is 3. The molecule has 0 aliphatic carbocycles. The minimum Gasteiger partial charge on any atom is -0.495 e. The van der Waals surface area contributed by atoms with Gasteiger partial charge in [-0.15, -0.1) is 12.4 Å². The number of imide groups is 1. The number of methoxy groups -OCH3 is 1. The van der Waals surface area contributed by atoms with Crippen LogP contribution < -0.4 is 15.1 Å². The van der Waals surface area contributed by atoms with Gasteiger partial charge in [0.05, 0.1) is 12.8 Å². The third-order valence-corrected chi connectivity index (χ3v) is 5.01. The fraction of sp³-hybridized carbons (Fsp3) is 0.450. The number of amides is 3. The third-order valence-electron chi connectivity index (χ3n) is 5.01. The number of halogens is 1. The van der Waals surface area contributed by atoms with Crippen LogP contribution in [0, 0.1) is 0 Å². The Hall–Kier alpha value is -2.58. The highest BCUT2D eigenvalue weighted by atomic mass is 35.5. The van der Waals surface area contributed by atoms with Crippen molar-refractivity contribution in [1.29, 1.82) is 0 Å². The summed E-state index contributed by atoms with van der Waals surface area (Å²) in [6.45, 7) is 5.96. The molecule has 158 valence electrons. The van der Waals surface area contributed by atoms with Gasteiger partial charge in [-0.25, -0.2) is 0 Å². The molecule has 3 rings (SSSR count). The van der Waals surface area contributed by atoms with Crippen LogP contribution in [-0.4, -0.2) is 67.5 Å². The molecule has 8 nitrogen and oxygen atoms in total. The quantitative estimate of drug-likeness (QED) is 0.668. The van der Waals surface area contributed by atoms with Crippen molar-refractivity contribution in [2.75, 3.05) is 44.7 Å². The van der Waals surface area contributed by atoms with E-state index in [1.807, 2.05) is 18.2 Å². The van der Waals surface area contributed by atoms with Crippen LogP contribution in [0.25, 0.3) is 0 Å². The maximum Gasteiger partial charge on any atom is 0.275 e. The molecule has 1 N–H and O–H groups in total. The van der Waals surface area contributed by atoms with Crippen molar-refractivity contribution in [2.24, 2.45) is 0 Å². The summed E-state index contributed by atoms with van der Waals surface area (Å²) in [4.78, 5) is 40.1. The minimum absolute atomic E-state index is 0. The Morgan fingerprint density at radius 1 is 1.14 bits per heavy atom. The second-order valence-corrected chi connectivity index (χ2v) is 6.95. The Labute approximate surface area is 176 Å². The number of carbonyl (C=O) groups is 3. The van der Waals surface area contributed by atoms with E-state index >= 15 is 0 Å². The zero-order valence-electron chi connectivity index (χ0n) is 16.7. The summed E-state index contributed by atoms with van der Waals surface area (Å²) < 4.78 is 5.44. The average molecular weight is 423 g/mol. The zero-order valence-corrected chi connectivity index (χ0v) is 17.5. The lowest BCUT2D eigenvalue weighted by Gasteiger charge is -2.36. The van der Waals surface area contributed by atoms with Gasteiger partial charge < -0.3 is 9.64 Å². The number of ether oxygens (including phenoxy) is 1. The largest absolute Gasteiger partial charge is 0.495 e. The Bertz CT molecular complexity index is 790. The average Bonchev–Trinajstić information content (AvgIpc) is 2.94. The lowest BCUT2D eigenvalue weighted by molar-refractivity contribution is -0.146. The minimum atomic E-state index is -0.497. The number of rotatable bonds is 7. The van der Waals surface area contributed by atoms with Crippen molar-refractivity contribution in [2.45, 2.75) is 19.8 Å². The second-order valence-electron chi connectivity index (χ2n) is 6.95. The van der Waals surface area contributed by atoms with E-state index < -0.39 is 11.8 Å². The summed E-state index contributed by atoms with van der Waals surface area (Å²) in [6, 6.07) is 8.00. The van der Waals surface area contributed by atoms with Crippen molar-refractivity contribution in [3.8, 4) is 5.75 Å². The van der Waals surface area contributed by atoms with E-state index in [2.05, 4.69) is 21.3 Å². The molecule has 0 radical (unpaired) electrons. The molecule has 29 heavy (non-hydrogen) atoms. The Morgan fingerprint density at radius 3 is 2.45 bits per heavy atom. The van der Waals surface area contributed by atoms with Crippen molar-refractivity contribution in [1.82, 2.24) is 15.3 Å². The summed E-state index contributed by atoms with van der Waals surface area (Å²) in [6.07, 6.45) is 2.16. The fourth-order valence-corrected chi connectivity index (χ4v) is 3.44. The van der Waals surface area contributed by atoms with E-state index in [0.717, 1.165) is 49.2 Å². The number of benzene rings is 1. The number of carbonyl (C=O) groups excluding carboxylic acids is 3. The first-order chi connectivity index (χ1) is 13.5. The molecule has 1 aromatic rings. The Morgan fingerprint density at radius 2 is 1.83 bits per heavy atom. The molecule has 0 bridgehead atoms. The summed E-state index contributed by atoms with van der Waals surface area (Å²) >= 11 is 0. The molecular formula is C20H27ClN4O4. The van der Waals surface area contributed by atoms with Gasteiger partial charge in [-0.2, -0.15) is 5.01 Å². The van der Waals surface area contributed by atoms with Gasteiger partial charge in [-0.3, -0.25) is 24.7 Å². The highest BCUT2D eigenvalue weighted by molar-refractivity contribution is 6.16. The number of para-hydroxylation sites is 2. The Balaban J connectivity index is 0.00000300. The van der Waals surface area contributed by atoms with Crippen molar-refractivity contribution >= 4 is 35.8 Å². The lowest BCUT2D eigenvalue weighted by atomic mass is 10.2. The molecule has 2 aliphatic heterocycles. The number of hydrazine groups is 1. The molecule has 0 atom stereocenters. The second kappa shape index (κ2) is 10.3. The normalized spacial score (nSPS) is 17.1. The van der Waals surface area contributed by atoms with E-state index in [0.29, 0.717) is 12.0 Å². The van der Waals surface area contributed by atoms with Crippen molar-refractivity contribution in [3.63, 3.8) is 0 Å². The topological polar surface area (TPSA) is 82.2 Å². The van der Waals surface area contributed by atoms with Crippen LogP contribution in [0.2, 0.25) is 0 Å². The van der Waals surface area contributed by atoms with Gasteiger partial charge in [0.2, 0.25) is 5.91 Å². The van der Waals surface area contributed by atoms with E-state index in [1.54, 1.807) is 14.0 Å². The Kier molecular flexibility index (Phi) is 8.04. The molecule has 0 aromatic heterocycles. The van der Waals surface area contributed by atoms with Crippen LogP contribution in [0.4, 0.5) is 5.69 Å². The summed E-state index contributed by atoms with van der Waals surface area (Å²) in [7, 11) is 1.68. The molecule has 3 amide bonds. The first-order valence-electron chi connectivity index (χ1n) is 9.46. The molecular weight excluding hydrogens is 396 g/mol. The van der Waals surface area contributed by atoms with Crippen LogP contribution in [0.1, 0.15) is 19.8 Å². The van der Waals surface area contributed by atoms with E-state index in [1.165, 1.54) is 6.08 Å². The van der Waals surface area contributed by atoms with Gasteiger partial charge in [0.15, 0.2) is 0 Å². The molecule has 1 fully saturated rings. The monoisotopic (exact) mass is 422 g/mol. The van der Waals surface area contributed by atoms with Gasteiger partial charge in [0.1, 0.15) is 5.75 Å². The number of hydrogen-bond acceptors (Lipinski definition) is 6. The van der Waals surface area contributed by atoms with E-state index in [-0.39, 0.29) is 24.7 Å². The predicted molar refractivity (Wildman–Crippen MR) is 112 cm³/mol. The fourth-order valence-electron chi connectivity index (χ4n) is 3.44. The molecule has 0 spiro atoms. The van der Waals surface area contributed by atoms with Crippen molar-refractivity contribution in [3.05, 3.63) is 35.9 Å². The summed E-state index contributed by atoms with van der Waals surface area (Å²) in [5, 5.41) is 0.781. The molecule has 1 aromatic carbocycles. The number of nitrogens with one attached hydrogen (secondary N) is 1. The third kappa shape index (κ3) is 5.48. The zero-order chi connectivity index (χ0) is 20.1. The summed E-state index contributed by atoms with van der Waals surface area (Å²) in [5.74, 6) is -0.407. The molecule has 2 aliphatic rings. The van der Waals surface area contributed by atoms with Crippen LogP contribution in [-0.2, 0) is 14.4 Å². The maximum atomic E-state index is 12.0. The van der Waals surface area contributed by atoms with Crippen LogP contribution in [0.15, 0.2) is 35.9 Å². The lowest BCUT2D eigenvalue weighted by Crippen LogP contribution is -2.48. The molecule has 2 heterocycles. The number of anilines is 1. The van der Waals surface area contributed by atoms with Gasteiger partial charge in [0.25, 0.3) is 11.8 Å². The summed E-state index contributed by atoms with van der Waals surface area (Å²) in [5.41, 5.74) is 3.83. The predicted octanol–water partition coefficient (Wildman–Crippen LogP) is 1.37. The molecule has 0 saturated carbocycles. The first-order valence-corrected chi connectivity index (χ1v) is 9.46. The highest BCUT2D eigenvalue weighted by Gasteiger charge is 2.29. The standard InChI is InChI=1S/C20H26N4O4.ClH/c1-15-14-19(26)24(20(15)27)21-18(25)8-5-9-22-10-12-23(13-11-22)16-6-3-4-7-17(16)28-2;/h3-4,6-7,14H,5,8-13H2,1-2H3,(H,21,25);1H. The smallest absolute Gasteiger partial charge is 0.275 e. The van der Waals surface area contributed by atoms with Gasteiger partial charge in [0, 0.05) is 44.2 Å².